The highest BCUT2D eigenvalue weighted by Gasteiger charge is 2.41. The number of aryl methyl sites for hydroxylation is 1. The molecule has 1 amide bonds. The number of carbonyl (C=O) groups is 2. The number of nitrogens with zero attached hydrogens (tertiary/aromatic N) is 1. The minimum atomic E-state index is -0.820. The summed E-state index contributed by atoms with van der Waals surface area (Å²) in [7, 11) is 0. The number of aliphatic hydroxyl groups is 2. The predicted molar refractivity (Wildman–Crippen MR) is 155 cm³/mol. The lowest BCUT2D eigenvalue weighted by atomic mass is 10.0. The number of amides is 1. The second-order valence-corrected chi connectivity index (χ2v) is 12.4. The van der Waals surface area contributed by atoms with Crippen LogP contribution in [0.4, 0.5) is 5.69 Å². The standard InChI is InChI=1S/C31H43NO7S/c1-4-5-6-10-25(34)21-11-13-23(14-12-21)32-22(15-18-29(32)35)8-7-9-24-16-17-28(40-24)30(36)37-20-27-26(19-33)38-31(2,3)39-27/h11-14,16-17,22,25-27,33-34H,4-10,15,18-20H2,1-3H3/t22-,25-,26-,27-/m0/s1. The van der Waals surface area contributed by atoms with E-state index in [0.717, 1.165) is 67.5 Å². The Labute approximate surface area is 241 Å². The molecule has 2 aromatic rings. The third-order valence-electron chi connectivity index (χ3n) is 7.63. The molecule has 3 heterocycles. The molecule has 2 N–H and O–H groups in total. The molecular formula is C31H43NO7S. The first-order valence-corrected chi connectivity index (χ1v) is 15.3. The zero-order valence-corrected chi connectivity index (χ0v) is 24.7. The molecule has 0 bridgehead atoms. The van der Waals surface area contributed by atoms with Gasteiger partial charge in [-0.3, -0.25) is 4.79 Å². The van der Waals surface area contributed by atoms with Crippen molar-refractivity contribution in [1.82, 2.24) is 0 Å². The minimum Gasteiger partial charge on any atom is -0.459 e. The number of carbonyl (C=O) groups excluding carboxylic acids is 2. The third kappa shape index (κ3) is 7.91. The number of aliphatic hydroxyl groups excluding tert-OH is 2. The Balaban J connectivity index is 1.25. The van der Waals surface area contributed by atoms with Gasteiger partial charge in [-0.05, 0) is 75.8 Å². The topological polar surface area (TPSA) is 106 Å². The lowest BCUT2D eigenvalue weighted by Crippen LogP contribution is -2.32. The van der Waals surface area contributed by atoms with E-state index in [1.165, 1.54) is 11.3 Å². The average Bonchev–Trinajstić information content (AvgIpc) is 3.64. The summed E-state index contributed by atoms with van der Waals surface area (Å²) in [6.07, 6.45) is 6.49. The van der Waals surface area contributed by atoms with Crippen molar-refractivity contribution in [1.29, 1.82) is 0 Å². The van der Waals surface area contributed by atoms with Crippen LogP contribution in [0.2, 0.25) is 0 Å². The van der Waals surface area contributed by atoms with Gasteiger partial charge in [-0.1, -0.05) is 38.3 Å². The molecule has 0 saturated carbocycles. The lowest BCUT2D eigenvalue weighted by Gasteiger charge is -2.25. The summed E-state index contributed by atoms with van der Waals surface area (Å²) in [5, 5.41) is 20.0. The zero-order valence-electron chi connectivity index (χ0n) is 23.8. The van der Waals surface area contributed by atoms with Gasteiger partial charge in [0.1, 0.15) is 23.7 Å². The highest BCUT2D eigenvalue weighted by atomic mass is 32.1. The van der Waals surface area contributed by atoms with Gasteiger partial charge in [0.2, 0.25) is 5.91 Å². The number of ether oxygens (including phenoxy) is 3. The molecule has 4 atom stereocenters. The molecule has 0 unspecified atom stereocenters. The number of thiophene rings is 1. The van der Waals surface area contributed by atoms with Crippen LogP contribution in [0.5, 0.6) is 0 Å². The smallest absolute Gasteiger partial charge is 0.348 e. The van der Waals surface area contributed by atoms with Crippen LogP contribution in [0.15, 0.2) is 36.4 Å². The van der Waals surface area contributed by atoms with Gasteiger partial charge in [-0.25, -0.2) is 4.79 Å². The molecule has 1 aromatic carbocycles. The minimum absolute atomic E-state index is 0.0189. The molecule has 0 spiro atoms. The fraction of sp³-hybridized carbons (Fsp3) is 0.613. The lowest BCUT2D eigenvalue weighted by molar-refractivity contribution is -0.151. The first-order chi connectivity index (χ1) is 19.2. The van der Waals surface area contributed by atoms with Crippen molar-refractivity contribution in [2.75, 3.05) is 18.1 Å². The van der Waals surface area contributed by atoms with Gasteiger partial charge in [0.15, 0.2) is 5.79 Å². The number of hydrogen-bond acceptors (Lipinski definition) is 8. The Morgan fingerprint density at radius 2 is 1.88 bits per heavy atom. The highest BCUT2D eigenvalue weighted by Crippen LogP contribution is 2.32. The SMILES string of the molecule is CCCCC[C@H](O)c1ccc(N2C(=O)CC[C@@H]2CCCc2ccc(C(=O)OC[C@@H]3OC(C)(C)O[C@H]3CO)s2)cc1. The van der Waals surface area contributed by atoms with Gasteiger partial charge in [0, 0.05) is 23.0 Å². The predicted octanol–water partition coefficient (Wildman–Crippen LogP) is 5.55. The summed E-state index contributed by atoms with van der Waals surface area (Å²) in [5.41, 5.74) is 1.79. The maximum Gasteiger partial charge on any atom is 0.348 e. The van der Waals surface area contributed by atoms with Crippen molar-refractivity contribution in [2.45, 2.75) is 109 Å². The number of rotatable bonds is 14. The van der Waals surface area contributed by atoms with E-state index >= 15 is 0 Å². The van der Waals surface area contributed by atoms with Gasteiger partial charge in [-0.15, -0.1) is 11.3 Å². The largest absolute Gasteiger partial charge is 0.459 e. The van der Waals surface area contributed by atoms with Crippen LogP contribution in [0.25, 0.3) is 0 Å². The van der Waals surface area contributed by atoms with Crippen molar-refractivity contribution < 1.29 is 34.0 Å². The summed E-state index contributed by atoms with van der Waals surface area (Å²) in [6.45, 7) is 5.50. The zero-order chi connectivity index (χ0) is 28.7. The van der Waals surface area contributed by atoms with Gasteiger partial charge in [0.05, 0.1) is 12.7 Å². The Bertz CT molecular complexity index is 1120. The maximum atomic E-state index is 12.7. The van der Waals surface area contributed by atoms with E-state index in [1.54, 1.807) is 19.9 Å². The van der Waals surface area contributed by atoms with Gasteiger partial charge < -0.3 is 29.3 Å². The van der Waals surface area contributed by atoms with Crippen molar-refractivity contribution in [3.05, 3.63) is 51.7 Å². The van der Waals surface area contributed by atoms with Gasteiger partial charge >= 0.3 is 5.97 Å². The summed E-state index contributed by atoms with van der Waals surface area (Å²) >= 11 is 1.42. The van der Waals surface area contributed by atoms with E-state index in [2.05, 4.69) is 6.92 Å². The Morgan fingerprint density at radius 3 is 2.60 bits per heavy atom. The summed E-state index contributed by atoms with van der Waals surface area (Å²) in [4.78, 5) is 28.9. The molecule has 220 valence electrons. The molecule has 8 nitrogen and oxygen atoms in total. The molecule has 2 fully saturated rings. The molecule has 2 aliphatic rings. The van der Waals surface area contributed by atoms with E-state index < -0.39 is 30.1 Å². The number of hydrogen-bond donors (Lipinski definition) is 2. The molecule has 40 heavy (non-hydrogen) atoms. The van der Waals surface area contributed by atoms with Gasteiger partial charge in [0.25, 0.3) is 0 Å². The molecule has 2 saturated heterocycles. The summed E-state index contributed by atoms with van der Waals surface area (Å²) in [6, 6.07) is 11.7. The maximum absolute atomic E-state index is 12.7. The first kappa shape index (κ1) is 30.7. The number of unbranched alkanes of at least 4 members (excludes halogenated alkanes) is 2. The van der Waals surface area contributed by atoms with Crippen LogP contribution in [0.3, 0.4) is 0 Å². The first-order valence-electron chi connectivity index (χ1n) is 14.5. The summed E-state index contributed by atoms with van der Waals surface area (Å²) in [5.74, 6) is -1.08. The molecule has 2 aliphatic heterocycles. The molecule has 0 radical (unpaired) electrons. The van der Waals surface area contributed by atoms with E-state index in [4.69, 9.17) is 14.2 Å². The molecule has 4 rings (SSSR count). The number of esters is 1. The van der Waals surface area contributed by atoms with E-state index in [-0.39, 0.29) is 25.2 Å². The Morgan fingerprint density at radius 1 is 1.12 bits per heavy atom. The monoisotopic (exact) mass is 573 g/mol. The fourth-order valence-electron chi connectivity index (χ4n) is 5.55. The van der Waals surface area contributed by atoms with Crippen molar-refractivity contribution >= 4 is 28.9 Å². The Kier molecular flexibility index (Phi) is 10.8. The Hall–Kier alpha value is -2.30. The van der Waals surface area contributed by atoms with E-state index in [1.807, 2.05) is 35.2 Å². The van der Waals surface area contributed by atoms with Crippen molar-refractivity contribution in [3.8, 4) is 0 Å². The van der Waals surface area contributed by atoms with Crippen molar-refractivity contribution in [2.24, 2.45) is 0 Å². The van der Waals surface area contributed by atoms with Crippen LogP contribution in [-0.2, 0) is 25.4 Å². The highest BCUT2D eigenvalue weighted by molar-refractivity contribution is 7.13. The molecule has 0 aliphatic carbocycles. The van der Waals surface area contributed by atoms with Crippen LogP contribution in [0.1, 0.15) is 98.4 Å². The van der Waals surface area contributed by atoms with Crippen LogP contribution in [-0.4, -0.2) is 59.3 Å². The third-order valence-corrected chi connectivity index (χ3v) is 8.75. The summed E-state index contributed by atoms with van der Waals surface area (Å²) < 4.78 is 16.8. The van der Waals surface area contributed by atoms with E-state index in [0.29, 0.717) is 11.3 Å². The second-order valence-electron chi connectivity index (χ2n) is 11.2. The van der Waals surface area contributed by atoms with Crippen LogP contribution < -0.4 is 4.90 Å². The average molecular weight is 574 g/mol. The van der Waals surface area contributed by atoms with Gasteiger partial charge in [-0.2, -0.15) is 0 Å². The van der Waals surface area contributed by atoms with Crippen LogP contribution in [0, 0.1) is 0 Å². The normalized spacial score (nSPS) is 23.1. The molecule has 9 heteroatoms. The van der Waals surface area contributed by atoms with E-state index in [9.17, 15) is 19.8 Å². The fourth-order valence-corrected chi connectivity index (χ4v) is 6.49. The number of anilines is 1. The second kappa shape index (κ2) is 14.0. The van der Waals surface area contributed by atoms with Crippen LogP contribution >= 0.6 is 11.3 Å². The number of benzene rings is 1. The van der Waals surface area contributed by atoms with Crippen molar-refractivity contribution in [3.63, 3.8) is 0 Å². The molecular weight excluding hydrogens is 530 g/mol. The molecule has 1 aromatic heterocycles. The quantitative estimate of drug-likeness (QED) is 0.226.